The second-order valence-electron chi connectivity index (χ2n) is 3.95. The molecule has 1 aliphatic carbocycles. The average molecular weight is 210 g/mol. The summed E-state index contributed by atoms with van der Waals surface area (Å²) >= 11 is 0. The average Bonchev–Trinajstić information content (AvgIpc) is 2.20. The van der Waals surface area contributed by atoms with E-state index in [2.05, 4.69) is 4.98 Å². The van der Waals surface area contributed by atoms with Crippen molar-refractivity contribution in [3.8, 4) is 0 Å². The van der Waals surface area contributed by atoms with Gasteiger partial charge in [-0.25, -0.2) is 4.79 Å². The Bertz CT molecular complexity index is 412. The minimum Gasteiger partial charge on any atom is -0.393 e. The maximum Gasteiger partial charge on any atom is 0.328 e. The molecule has 0 saturated heterocycles. The number of nitrogens with zero attached hydrogens (tertiary/aromatic N) is 1. The number of H-pyrrole nitrogens is 1. The molecule has 0 bridgehead atoms. The summed E-state index contributed by atoms with van der Waals surface area (Å²) in [6.07, 6.45) is 3.78. The summed E-state index contributed by atoms with van der Waals surface area (Å²) in [7, 11) is 0. The summed E-state index contributed by atoms with van der Waals surface area (Å²) in [5, 5.41) is 9.34. The van der Waals surface area contributed by atoms with Gasteiger partial charge in [0.15, 0.2) is 0 Å². The van der Waals surface area contributed by atoms with Crippen LogP contribution >= 0.6 is 0 Å². The molecule has 1 saturated carbocycles. The van der Waals surface area contributed by atoms with Gasteiger partial charge in [0.25, 0.3) is 5.56 Å². The van der Waals surface area contributed by atoms with Crippen molar-refractivity contribution in [3.05, 3.63) is 33.1 Å². The minimum absolute atomic E-state index is 0.0640. The van der Waals surface area contributed by atoms with E-state index >= 15 is 0 Å². The van der Waals surface area contributed by atoms with E-state index in [1.54, 1.807) is 0 Å². The molecule has 82 valence electrons. The summed E-state index contributed by atoms with van der Waals surface area (Å²) in [4.78, 5) is 25.5. The van der Waals surface area contributed by atoms with E-state index in [9.17, 15) is 14.7 Å². The van der Waals surface area contributed by atoms with Gasteiger partial charge in [0.2, 0.25) is 0 Å². The van der Waals surface area contributed by atoms with Gasteiger partial charge in [0, 0.05) is 18.3 Å². The Balaban J connectivity index is 2.30. The highest BCUT2D eigenvalue weighted by atomic mass is 16.3. The van der Waals surface area contributed by atoms with Crippen molar-refractivity contribution in [3.63, 3.8) is 0 Å². The predicted molar refractivity (Wildman–Crippen MR) is 54.8 cm³/mol. The molecule has 0 atom stereocenters. The highest BCUT2D eigenvalue weighted by molar-refractivity contribution is 4.88. The fraction of sp³-hybridized carbons (Fsp3) is 0.600. The molecule has 1 fully saturated rings. The van der Waals surface area contributed by atoms with E-state index in [0.29, 0.717) is 25.7 Å². The van der Waals surface area contributed by atoms with Crippen molar-refractivity contribution >= 4 is 0 Å². The number of hydrogen-bond donors (Lipinski definition) is 2. The summed E-state index contributed by atoms with van der Waals surface area (Å²) in [5.41, 5.74) is -0.621. The Kier molecular flexibility index (Phi) is 2.73. The van der Waals surface area contributed by atoms with Gasteiger partial charge in [-0.15, -0.1) is 0 Å². The van der Waals surface area contributed by atoms with Gasteiger partial charge in [0.1, 0.15) is 0 Å². The summed E-state index contributed by atoms with van der Waals surface area (Å²) in [6.45, 7) is 0. The van der Waals surface area contributed by atoms with Gasteiger partial charge in [-0.3, -0.25) is 9.36 Å². The number of aliphatic hydroxyl groups excluding tert-OH is 1. The van der Waals surface area contributed by atoms with Crippen molar-refractivity contribution in [2.75, 3.05) is 0 Å². The SMILES string of the molecule is O=c1cc[nH]c(=O)n1C1CCC(O)CC1. The first kappa shape index (κ1) is 10.2. The van der Waals surface area contributed by atoms with Crippen LogP contribution in [0.2, 0.25) is 0 Å². The normalized spacial score (nSPS) is 26.5. The van der Waals surface area contributed by atoms with Crippen molar-refractivity contribution in [2.45, 2.75) is 37.8 Å². The molecule has 1 aromatic rings. The lowest BCUT2D eigenvalue weighted by Gasteiger charge is -2.25. The van der Waals surface area contributed by atoms with Crippen molar-refractivity contribution in [1.82, 2.24) is 9.55 Å². The molecule has 2 rings (SSSR count). The monoisotopic (exact) mass is 210 g/mol. The van der Waals surface area contributed by atoms with Crippen molar-refractivity contribution in [2.24, 2.45) is 0 Å². The highest BCUT2D eigenvalue weighted by Crippen LogP contribution is 2.25. The smallest absolute Gasteiger partial charge is 0.328 e. The van der Waals surface area contributed by atoms with Gasteiger partial charge >= 0.3 is 5.69 Å². The van der Waals surface area contributed by atoms with Gasteiger partial charge in [-0.2, -0.15) is 0 Å². The number of rotatable bonds is 1. The van der Waals surface area contributed by atoms with E-state index in [4.69, 9.17) is 0 Å². The first-order chi connectivity index (χ1) is 7.18. The van der Waals surface area contributed by atoms with Crippen LogP contribution in [0.1, 0.15) is 31.7 Å². The molecule has 15 heavy (non-hydrogen) atoms. The Hall–Kier alpha value is -1.36. The maximum absolute atomic E-state index is 11.5. The van der Waals surface area contributed by atoms with Crippen LogP contribution in [0.4, 0.5) is 0 Å². The summed E-state index contributed by atoms with van der Waals surface area (Å²) in [5.74, 6) is 0. The maximum atomic E-state index is 11.5. The van der Waals surface area contributed by atoms with Crippen LogP contribution in [0.5, 0.6) is 0 Å². The van der Waals surface area contributed by atoms with Crippen LogP contribution in [0.25, 0.3) is 0 Å². The topological polar surface area (TPSA) is 75.1 Å². The zero-order chi connectivity index (χ0) is 10.8. The molecule has 1 aromatic heterocycles. The molecule has 1 heterocycles. The summed E-state index contributed by atoms with van der Waals surface area (Å²) in [6, 6.07) is 1.29. The molecule has 0 radical (unpaired) electrons. The summed E-state index contributed by atoms with van der Waals surface area (Å²) < 4.78 is 1.26. The molecule has 0 aliphatic heterocycles. The Labute approximate surface area is 86.4 Å². The molecular weight excluding hydrogens is 196 g/mol. The third-order valence-corrected chi connectivity index (χ3v) is 2.92. The minimum atomic E-state index is -0.358. The molecule has 2 N–H and O–H groups in total. The molecule has 5 nitrogen and oxygen atoms in total. The van der Waals surface area contributed by atoms with Crippen LogP contribution in [0, 0.1) is 0 Å². The van der Waals surface area contributed by atoms with Gasteiger partial charge in [0.05, 0.1) is 6.10 Å². The molecule has 5 heteroatoms. The third kappa shape index (κ3) is 2.02. The van der Waals surface area contributed by atoms with Crippen molar-refractivity contribution < 1.29 is 5.11 Å². The zero-order valence-corrected chi connectivity index (χ0v) is 8.35. The van der Waals surface area contributed by atoms with Gasteiger partial charge in [-0.1, -0.05) is 0 Å². The fourth-order valence-corrected chi connectivity index (χ4v) is 2.10. The molecule has 0 spiro atoms. The van der Waals surface area contributed by atoms with E-state index in [0.717, 1.165) is 0 Å². The number of aromatic nitrogens is 2. The Morgan fingerprint density at radius 3 is 2.53 bits per heavy atom. The number of aromatic amines is 1. The molecule has 1 aliphatic rings. The molecular formula is C10H14N2O3. The largest absolute Gasteiger partial charge is 0.393 e. The lowest BCUT2D eigenvalue weighted by molar-refractivity contribution is 0.109. The second-order valence-corrected chi connectivity index (χ2v) is 3.95. The number of hydrogen-bond acceptors (Lipinski definition) is 3. The van der Waals surface area contributed by atoms with E-state index < -0.39 is 0 Å². The lowest BCUT2D eigenvalue weighted by atomic mass is 9.93. The molecule has 0 amide bonds. The van der Waals surface area contributed by atoms with Gasteiger partial charge in [-0.05, 0) is 25.7 Å². The fourth-order valence-electron chi connectivity index (χ4n) is 2.10. The first-order valence-corrected chi connectivity index (χ1v) is 5.17. The standard InChI is InChI=1S/C10H14N2O3/c13-8-3-1-7(2-4-8)12-9(14)5-6-11-10(12)15/h5-8,13H,1-4H2,(H,11,15). The predicted octanol–water partition coefficient (Wildman–Crippen LogP) is 0.0126. The second kappa shape index (κ2) is 4.02. The lowest BCUT2D eigenvalue weighted by Crippen LogP contribution is -2.39. The molecule has 0 aromatic carbocycles. The number of nitrogens with one attached hydrogen (secondary N) is 1. The van der Waals surface area contributed by atoms with E-state index in [1.165, 1.54) is 16.8 Å². The highest BCUT2D eigenvalue weighted by Gasteiger charge is 2.22. The van der Waals surface area contributed by atoms with E-state index in [1.807, 2.05) is 0 Å². The van der Waals surface area contributed by atoms with Crippen LogP contribution in [-0.2, 0) is 0 Å². The zero-order valence-electron chi connectivity index (χ0n) is 8.35. The number of aliphatic hydroxyl groups is 1. The molecule has 0 unspecified atom stereocenters. The Morgan fingerprint density at radius 2 is 1.93 bits per heavy atom. The van der Waals surface area contributed by atoms with Crippen LogP contribution < -0.4 is 11.2 Å². The first-order valence-electron chi connectivity index (χ1n) is 5.17. The van der Waals surface area contributed by atoms with Crippen LogP contribution in [0.3, 0.4) is 0 Å². The Morgan fingerprint density at radius 1 is 1.27 bits per heavy atom. The van der Waals surface area contributed by atoms with Crippen LogP contribution in [0.15, 0.2) is 21.9 Å². The van der Waals surface area contributed by atoms with Crippen molar-refractivity contribution in [1.29, 1.82) is 0 Å². The third-order valence-electron chi connectivity index (χ3n) is 2.92. The quantitative estimate of drug-likeness (QED) is 0.685. The van der Waals surface area contributed by atoms with Gasteiger partial charge < -0.3 is 10.1 Å². The van der Waals surface area contributed by atoms with E-state index in [-0.39, 0.29) is 23.4 Å². The van der Waals surface area contributed by atoms with Crippen LogP contribution in [-0.4, -0.2) is 20.8 Å².